The average molecular weight is 557 g/mol. The van der Waals surface area contributed by atoms with Gasteiger partial charge < -0.3 is 14.8 Å². The maximum atomic E-state index is 13.7. The fraction of sp³-hybridized carbons (Fsp3) is 0.357. The highest BCUT2D eigenvalue weighted by atomic mass is 79.9. The van der Waals surface area contributed by atoms with E-state index in [0.717, 1.165) is 44.2 Å². The molecule has 2 aromatic carbocycles. The van der Waals surface area contributed by atoms with Crippen LogP contribution in [0.1, 0.15) is 49.7 Å². The lowest BCUT2D eigenvalue weighted by molar-refractivity contribution is -0.138. The number of Topliss-reactive ketones (excluding diaryl/α,β-unsaturated/α-hetero) is 1. The van der Waals surface area contributed by atoms with Crippen LogP contribution in [0.5, 0.6) is 5.75 Å². The van der Waals surface area contributed by atoms with Gasteiger partial charge in [-0.1, -0.05) is 47.1 Å². The minimum absolute atomic E-state index is 0.0619. The Balaban J connectivity index is 1.69. The molecule has 0 unspecified atom stereocenters. The van der Waals surface area contributed by atoms with Crippen LogP contribution in [-0.2, 0) is 14.3 Å². The number of ketones is 1. The highest BCUT2D eigenvalue weighted by Gasteiger charge is 2.41. The number of dihydropyridines is 1. The van der Waals surface area contributed by atoms with Crippen molar-refractivity contribution in [1.29, 1.82) is 0 Å². The summed E-state index contributed by atoms with van der Waals surface area (Å²) < 4.78 is 11.9. The molecule has 0 amide bonds. The van der Waals surface area contributed by atoms with Gasteiger partial charge in [-0.2, -0.15) is 11.8 Å². The zero-order valence-electron chi connectivity index (χ0n) is 20.2. The molecule has 2 aliphatic rings. The highest BCUT2D eigenvalue weighted by molar-refractivity contribution is 9.10. The van der Waals surface area contributed by atoms with Crippen LogP contribution in [0.2, 0.25) is 0 Å². The number of thioether (sulfide) groups is 1. The molecule has 0 bridgehead atoms. The van der Waals surface area contributed by atoms with Crippen LogP contribution in [0.15, 0.2) is 75.5 Å². The Morgan fingerprint density at radius 3 is 2.43 bits per heavy atom. The maximum Gasteiger partial charge on any atom is 0.336 e. The lowest BCUT2D eigenvalue weighted by atomic mass is 9.72. The molecule has 0 radical (unpaired) electrons. The Morgan fingerprint density at radius 2 is 1.77 bits per heavy atom. The molecule has 0 saturated heterocycles. The van der Waals surface area contributed by atoms with Crippen molar-refractivity contribution in [3.05, 3.63) is 86.7 Å². The molecule has 7 heteroatoms. The molecule has 2 atom stereocenters. The zero-order chi connectivity index (χ0) is 24.9. The van der Waals surface area contributed by atoms with E-state index in [4.69, 9.17) is 9.47 Å². The van der Waals surface area contributed by atoms with Crippen LogP contribution in [0.25, 0.3) is 0 Å². The number of methoxy groups -OCH3 is 1. The van der Waals surface area contributed by atoms with Crippen molar-refractivity contribution in [1.82, 2.24) is 5.32 Å². The minimum Gasteiger partial charge on any atom is -0.497 e. The van der Waals surface area contributed by atoms with Gasteiger partial charge >= 0.3 is 5.97 Å². The van der Waals surface area contributed by atoms with Crippen molar-refractivity contribution in [2.45, 2.75) is 38.5 Å². The molecule has 0 aromatic heterocycles. The van der Waals surface area contributed by atoms with Crippen molar-refractivity contribution in [3.63, 3.8) is 0 Å². The van der Waals surface area contributed by atoms with Crippen LogP contribution < -0.4 is 10.1 Å². The number of hydrogen-bond acceptors (Lipinski definition) is 6. The van der Waals surface area contributed by atoms with E-state index in [1.165, 1.54) is 0 Å². The lowest BCUT2D eigenvalue weighted by Crippen LogP contribution is -2.36. The smallest absolute Gasteiger partial charge is 0.336 e. The minimum atomic E-state index is -0.449. The molecule has 1 N–H and O–H groups in total. The molecule has 4 rings (SSSR count). The number of allylic oxidation sites excluding steroid dienone is 3. The fourth-order valence-corrected chi connectivity index (χ4v) is 5.58. The lowest BCUT2D eigenvalue weighted by Gasteiger charge is -2.36. The van der Waals surface area contributed by atoms with Gasteiger partial charge in [0.1, 0.15) is 12.4 Å². The Kier molecular flexibility index (Phi) is 8.39. The van der Waals surface area contributed by atoms with E-state index in [1.807, 2.05) is 55.5 Å². The SMILES string of the molecule is CCSCCOC(=O)C1=C(C)NC2=C(C(=O)C[C@H](c3ccc(OC)cc3)C2)[C@H]1c1ccc(Br)cc1. The second kappa shape index (κ2) is 11.5. The summed E-state index contributed by atoms with van der Waals surface area (Å²) >= 11 is 5.22. The zero-order valence-corrected chi connectivity index (χ0v) is 22.6. The second-order valence-corrected chi connectivity index (χ2v) is 11.0. The number of nitrogens with one attached hydrogen (secondary N) is 1. The molecule has 2 aromatic rings. The molecule has 0 spiro atoms. The van der Waals surface area contributed by atoms with Gasteiger partial charge in [0.05, 0.1) is 12.7 Å². The molecular weight excluding hydrogens is 526 g/mol. The summed E-state index contributed by atoms with van der Waals surface area (Å²) in [4.78, 5) is 26.9. The predicted molar refractivity (Wildman–Crippen MR) is 144 cm³/mol. The van der Waals surface area contributed by atoms with Crippen molar-refractivity contribution >= 4 is 39.4 Å². The number of carbonyl (C=O) groups is 2. The number of hydrogen-bond donors (Lipinski definition) is 1. The quantitative estimate of drug-likeness (QED) is 0.313. The Hall–Kier alpha value is -2.51. The van der Waals surface area contributed by atoms with Crippen molar-refractivity contribution in [3.8, 4) is 5.75 Å². The summed E-state index contributed by atoms with van der Waals surface area (Å²) in [5, 5.41) is 3.41. The topological polar surface area (TPSA) is 64.6 Å². The Morgan fingerprint density at radius 1 is 1.09 bits per heavy atom. The highest BCUT2D eigenvalue weighted by Crippen LogP contribution is 2.46. The van der Waals surface area contributed by atoms with E-state index in [1.54, 1.807) is 18.9 Å². The monoisotopic (exact) mass is 555 g/mol. The Labute approximate surface area is 219 Å². The summed E-state index contributed by atoms with van der Waals surface area (Å²) in [6.07, 6.45) is 1.10. The number of ether oxygens (including phenoxy) is 2. The second-order valence-electron chi connectivity index (χ2n) is 8.67. The van der Waals surface area contributed by atoms with E-state index >= 15 is 0 Å². The van der Waals surface area contributed by atoms with Crippen LogP contribution in [0, 0.1) is 0 Å². The van der Waals surface area contributed by atoms with Crippen LogP contribution >= 0.6 is 27.7 Å². The number of esters is 1. The number of rotatable bonds is 8. The van der Waals surface area contributed by atoms with Gasteiger partial charge in [0.15, 0.2) is 5.78 Å². The summed E-state index contributed by atoms with van der Waals surface area (Å²) in [6.45, 7) is 4.32. The molecule has 1 aliphatic heterocycles. The largest absolute Gasteiger partial charge is 0.497 e. The molecular formula is C28H30BrNO4S. The number of halogens is 1. The molecule has 1 aliphatic carbocycles. The molecule has 0 fully saturated rings. The first-order chi connectivity index (χ1) is 16.9. The average Bonchev–Trinajstić information content (AvgIpc) is 2.86. The molecule has 1 heterocycles. The third-order valence-corrected chi connectivity index (χ3v) is 7.90. The summed E-state index contributed by atoms with van der Waals surface area (Å²) in [6, 6.07) is 15.7. The van der Waals surface area contributed by atoms with Gasteiger partial charge in [-0.3, -0.25) is 4.79 Å². The fourth-order valence-electron chi connectivity index (χ4n) is 4.83. The Bertz CT molecular complexity index is 1150. The number of benzene rings is 2. The van der Waals surface area contributed by atoms with Crippen LogP contribution in [0.3, 0.4) is 0 Å². The van der Waals surface area contributed by atoms with Crippen molar-refractivity contribution < 1.29 is 19.1 Å². The summed E-state index contributed by atoms with van der Waals surface area (Å²) in [7, 11) is 1.64. The first-order valence-corrected chi connectivity index (χ1v) is 13.8. The van der Waals surface area contributed by atoms with E-state index in [2.05, 4.69) is 28.2 Å². The van der Waals surface area contributed by atoms with Gasteiger partial charge in [0, 0.05) is 39.5 Å². The first kappa shape index (κ1) is 25.6. The first-order valence-electron chi connectivity index (χ1n) is 11.8. The summed E-state index contributed by atoms with van der Waals surface area (Å²) in [5.41, 5.74) is 4.85. The summed E-state index contributed by atoms with van der Waals surface area (Å²) in [5.74, 6) is 1.83. The third-order valence-electron chi connectivity index (χ3n) is 6.50. The van der Waals surface area contributed by atoms with E-state index in [0.29, 0.717) is 30.6 Å². The predicted octanol–water partition coefficient (Wildman–Crippen LogP) is 6.12. The van der Waals surface area contributed by atoms with Crippen molar-refractivity contribution in [2.75, 3.05) is 25.2 Å². The van der Waals surface area contributed by atoms with E-state index < -0.39 is 5.92 Å². The van der Waals surface area contributed by atoms with Gasteiger partial charge in [-0.15, -0.1) is 0 Å². The van der Waals surface area contributed by atoms with Crippen LogP contribution in [0.4, 0.5) is 0 Å². The number of carbonyl (C=O) groups excluding carboxylic acids is 2. The molecule has 0 saturated carbocycles. The maximum absolute atomic E-state index is 13.7. The third kappa shape index (κ3) is 5.67. The van der Waals surface area contributed by atoms with Crippen molar-refractivity contribution in [2.24, 2.45) is 0 Å². The normalized spacial score (nSPS) is 19.8. The van der Waals surface area contributed by atoms with Gasteiger partial charge in [0.2, 0.25) is 0 Å². The van der Waals surface area contributed by atoms with Gasteiger partial charge in [0.25, 0.3) is 0 Å². The van der Waals surface area contributed by atoms with Crippen LogP contribution in [-0.4, -0.2) is 37.0 Å². The standard InChI is InChI=1S/C28H30BrNO4S/c1-4-35-14-13-34-28(32)25-17(2)30-23-15-20(18-7-11-22(33-3)12-8-18)16-24(31)27(23)26(25)19-5-9-21(29)10-6-19/h5-12,20,26,30H,4,13-16H2,1-3H3/t20-,26+/m1/s1. The van der Waals surface area contributed by atoms with E-state index in [9.17, 15) is 9.59 Å². The van der Waals surface area contributed by atoms with Gasteiger partial charge in [-0.05, 0) is 60.4 Å². The molecule has 184 valence electrons. The van der Waals surface area contributed by atoms with E-state index in [-0.39, 0.29) is 17.7 Å². The molecule has 35 heavy (non-hydrogen) atoms. The molecule has 5 nitrogen and oxygen atoms in total. The van der Waals surface area contributed by atoms with Gasteiger partial charge in [-0.25, -0.2) is 4.79 Å².